The Morgan fingerprint density at radius 1 is 1.28 bits per heavy atom. The fourth-order valence-corrected chi connectivity index (χ4v) is 7.92. The summed E-state index contributed by atoms with van der Waals surface area (Å²) in [5, 5.41) is 15.6. The molecule has 32 heavy (non-hydrogen) atoms. The monoisotopic (exact) mass is 479 g/mol. The summed E-state index contributed by atoms with van der Waals surface area (Å²) in [5.74, 6) is -1.37. The zero-order valence-electron chi connectivity index (χ0n) is 18.2. The molecule has 2 bridgehead atoms. The van der Waals surface area contributed by atoms with Crippen LogP contribution in [-0.4, -0.2) is 63.5 Å². The molecule has 0 radical (unpaired) electrons. The fourth-order valence-electron chi connectivity index (χ4n) is 5.52. The van der Waals surface area contributed by atoms with Crippen LogP contribution in [0.15, 0.2) is 24.3 Å². The zero-order chi connectivity index (χ0) is 22.9. The highest BCUT2D eigenvalue weighted by atomic mass is 35.5. The average molecular weight is 480 g/mol. The molecule has 5 atom stereocenters. The molecule has 0 aromatic heterocycles. The van der Waals surface area contributed by atoms with Crippen LogP contribution in [0.3, 0.4) is 0 Å². The van der Waals surface area contributed by atoms with Gasteiger partial charge in [0.15, 0.2) is 0 Å². The number of nitrogens with zero attached hydrogens (tertiary/aromatic N) is 1. The molecule has 3 aliphatic heterocycles. The molecule has 2 unspecified atom stereocenters. The van der Waals surface area contributed by atoms with Crippen LogP contribution in [0.25, 0.3) is 0 Å². The molecule has 4 rings (SSSR count). The summed E-state index contributed by atoms with van der Waals surface area (Å²) in [4.78, 5) is 41.9. The van der Waals surface area contributed by atoms with Crippen molar-refractivity contribution in [3.05, 3.63) is 29.3 Å². The van der Waals surface area contributed by atoms with Crippen LogP contribution in [0.2, 0.25) is 5.02 Å². The van der Waals surface area contributed by atoms with Crippen molar-refractivity contribution >= 4 is 46.8 Å². The number of carbonyl (C=O) groups is 3. The number of halogens is 1. The molecular weight excluding hydrogens is 450 g/mol. The van der Waals surface area contributed by atoms with Gasteiger partial charge >= 0.3 is 0 Å². The highest BCUT2D eigenvalue weighted by Gasteiger charge is 2.73. The minimum absolute atomic E-state index is 0.0337. The minimum Gasteiger partial charge on any atom is -0.396 e. The van der Waals surface area contributed by atoms with Crippen LogP contribution in [0.4, 0.5) is 5.69 Å². The largest absolute Gasteiger partial charge is 0.396 e. The normalized spacial score (nSPS) is 30.5. The zero-order valence-corrected chi connectivity index (χ0v) is 19.8. The number of hydrogen-bond donors (Lipinski definition) is 3. The van der Waals surface area contributed by atoms with Crippen LogP contribution in [-0.2, 0) is 14.4 Å². The van der Waals surface area contributed by atoms with E-state index in [0.29, 0.717) is 36.6 Å². The van der Waals surface area contributed by atoms with Gasteiger partial charge in [-0.05, 0) is 44.2 Å². The first-order chi connectivity index (χ1) is 15.4. The van der Waals surface area contributed by atoms with E-state index in [1.807, 2.05) is 6.92 Å². The van der Waals surface area contributed by atoms with Crippen molar-refractivity contribution < 1.29 is 19.5 Å². The number of benzene rings is 1. The van der Waals surface area contributed by atoms with Gasteiger partial charge in [-0.15, -0.1) is 11.8 Å². The Morgan fingerprint density at radius 2 is 2.06 bits per heavy atom. The lowest BCUT2D eigenvalue weighted by atomic mass is 9.70. The van der Waals surface area contributed by atoms with E-state index in [2.05, 4.69) is 10.6 Å². The maximum absolute atomic E-state index is 13.7. The van der Waals surface area contributed by atoms with E-state index in [-0.39, 0.29) is 29.6 Å². The summed E-state index contributed by atoms with van der Waals surface area (Å²) in [7, 11) is 0. The molecule has 3 saturated heterocycles. The lowest BCUT2D eigenvalue weighted by Gasteiger charge is -2.34. The summed E-state index contributed by atoms with van der Waals surface area (Å²) in [5.41, 5.74) is 0.511. The Kier molecular flexibility index (Phi) is 7.03. The number of amides is 3. The predicted octanol–water partition coefficient (Wildman–Crippen LogP) is 2.67. The first kappa shape index (κ1) is 23.4. The van der Waals surface area contributed by atoms with Gasteiger partial charge in [0.05, 0.1) is 27.3 Å². The fraction of sp³-hybridized carbons (Fsp3) is 0.609. The maximum atomic E-state index is 13.7. The number of carbonyl (C=O) groups excluding carboxylic acids is 3. The van der Waals surface area contributed by atoms with Gasteiger partial charge in [0.25, 0.3) is 0 Å². The van der Waals surface area contributed by atoms with Gasteiger partial charge in [-0.25, -0.2) is 0 Å². The summed E-state index contributed by atoms with van der Waals surface area (Å²) in [6.07, 6.45) is 3.53. The lowest BCUT2D eigenvalue weighted by molar-refractivity contribution is -0.139. The predicted molar refractivity (Wildman–Crippen MR) is 126 cm³/mol. The number of para-hydroxylation sites is 1. The number of fused-ring (bicyclic) bond motifs is 1. The van der Waals surface area contributed by atoms with Gasteiger partial charge in [-0.2, -0.15) is 0 Å². The first-order valence-electron chi connectivity index (χ1n) is 11.4. The van der Waals surface area contributed by atoms with E-state index in [9.17, 15) is 19.5 Å². The molecule has 1 aromatic carbocycles. The van der Waals surface area contributed by atoms with Crippen LogP contribution < -0.4 is 10.6 Å². The number of aliphatic hydroxyl groups is 1. The smallest absolute Gasteiger partial charge is 0.248 e. The number of aliphatic hydroxyl groups excluding tert-OH is 1. The second kappa shape index (κ2) is 9.61. The van der Waals surface area contributed by atoms with Gasteiger partial charge in [0, 0.05) is 24.9 Å². The molecule has 0 saturated carbocycles. The summed E-state index contributed by atoms with van der Waals surface area (Å²) in [6.45, 7) is 2.99. The molecule has 1 spiro atoms. The topological polar surface area (TPSA) is 98.7 Å². The Morgan fingerprint density at radius 3 is 2.78 bits per heavy atom. The second-order valence-electron chi connectivity index (χ2n) is 8.78. The third kappa shape index (κ3) is 3.90. The van der Waals surface area contributed by atoms with Gasteiger partial charge in [-0.3, -0.25) is 14.4 Å². The van der Waals surface area contributed by atoms with Crippen molar-refractivity contribution in [3.8, 4) is 0 Å². The van der Waals surface area contributed by atoms with Crippen molar-refractivity contribution in [1.29, 1.82) is 0 Å². The molecule has 3 N–H and O–H groups in total. The number of hydrogen-bond acceptors (Lipinski definition) is 5. The number of unbranched alkanes of at least 4 members (excludes halogenated alkanes) is 1. The Balaban J connectivity index is 1.65. The number of thioether (sulfide) groups is 1. The highest BCUT2D eigenvalue weighted by Crippen LogP contribution is 2.66. The molecule has 3 amide bonds. The van der Waals surface area contributed by atoms with Crippen molar-refractivity contribution in [3.63, 3.8) is 0 Å². The van der Waals surface area contributed by atoms with Crippen molar-refractivity contribution in [2.75, 3.05) is 25.0 Å². The Hall–Kier alpha value is -1.77. The van der Waals surface area contributed by atoms with Crippen LogP contribution in [0, 0.1) is 11.8 Å². The summed E-state index contributed by atoms with van der Waals surface area (Å²) < 4.78 is -0.611. The van der Waals surface area contributed by atoms with E-state index in [4.69, 9.17) is 11.6 Å². The molecule has 0 aliphatic carbocycles. The molecule has 174 valence electrons. The highest BCUT2D eigenvalue weighted by molar-refractivity contribution is 8.02. The Labute approximate surface area is 197 Å². The van der Waals surface area contributed by atoms with E-state index in [1.54, 1.807) is 40.9 Å². The molecule has 3 fully saturated rings. The quantitative estimate of drug-likeness (QED) is 0.473. The standard InChI is InChI=1S/C23H30ClN3O4S/c1-2-11-25-20(29)17-16-9-10-23(32-16)18(17)22(31)27(12-5-6-13-28)19(23)21(30)26-15-8-4-3-7-14(15)24/h3-4,7-8,16-19,28H,2,5-6,9-13H2,1H3,(H,25,29)(H,26,30)/t16-,17+,18-,19?,23?/m0/s1. The van der Waals surface area contributed by atoms with Gasteiger partial charge in [0.1, 0.15) is 6.04 Å². The van der Waals surface area contributed by atoms with Crippen molar-refractivity contribution in [2.24, 2.45) is 11.8 Å². The number of rotatable bonds is 9. The van der Waals surface area contributed by atoms with Crippen LogP contribution >= 0.6 is 23.4 Å². The van der Waals surface area contributed by atoms with Gasteiger partial charge in [0.2, 0.25) is 17.7 Å². The SMILES string of the molecule is CCCNC(=O)[C@@H]1[C@@H]2CCC3(S2)C(C(=O)Nc2ccccc2Cl)N(CCCCO)C(=O)[C@H]13. The van der Waals surface area contributed by atoms with Gasteiger partial charge in [-0.1, -0.05) is 30.7 Å². The molecule has 3 aliphatic rings. The van der Waals surface area contributed by atoms with E-state index < -0.39 is 22.6 Å². The minimum atomic E-state index is -0.672. The molecule has 3 heterocycles. The summed E-state index contributed by atoms with van der Waals surface area (Å²) in [6, 6.07) is 6.37. The van der Waals surface area contributed by atoms with E-state index in [0.717, 1.165) is 19.3 Å². The van der Waals surface area contributed by atoms with Crippen LogP contribution in [0.1, 0.15) is 39.0 Å². The second-order valence-corrected chi connectivity index (χ2v) is 10.8. The number of likely N-dealkylation sites (tertiary alicyclic amines) is 1. The van der Waals surface area contributed by atoms with E-state index >= 15 is 0 Å². The third-order valence-electron chi connectivity index (χ3n) is 6.84. The Bertz CT molecular complexity index is 900. The first-order valence-corrected chi connectivity index (χ1v) is 12.6. The van der Waals surface area contributed by atoms with Crippen molar-refractivity contribution in [1.82, 2.24) is 10.2 Å². The molecular formula is C23H30ClN3O4S. The average Bonchev–Trinajstić information content (AvgIpc) is 3.41. The molecule has 9 heteroatoms. The number of nitrogens with one attached hydrogen (secondary N) is 2. The molecule has 7 nitrogen and oxygen atoms in total. The third-order valence-corrected chi connectivity index (χ3v) is 9.12. The van der Waals surface area contributed by atoms with Crippen molar-refractivity contribution in [2.45, 2.75) is 55.1 Å². The maximum Gasteiger partial charge on any atom is 0.248 e. The molecule has 1 aromatic rings. The van der Waals surface area contributed by atoms with Gasteiger partial charge < -0.3 is 20.6 Å². The van der Waals surface area contributed by atoms with Crippen LogP contribution in [0.5, 0.6) is 0 Å². The number of anilines is 1. The summed E-state index contributed by atoms with van der Waals surface area (Å²) >= 11 is 7.91. The lowest BCUT2D eigenvalue weighted by Crippen LogP contribution is -2.52. The van der Waals surface area contributed by atoms with E-state index in [1.165, 1.54) is 0 Å².